The summed E-state index contributed by atoms with van der Waals surface area (Å²) < 4.78 is 14.7. The zero-order valence-corrected chi connectivity index (χ0v) is 17.5. The zero-order chi connectivity index (χ0) is 20.1. The Hall–Kier alpha value is -2.56. The maximum absolute atomic E-state index is 13.3. The lowest BCUT2D eigenvalue weighted by atomic mass is 10.2. The van der Waals surface area contributed by atoms with E-state index in [1.54, 1.807) is 6.07 Å². The molecule has 0 saturated heterocycles. The monoisotopic (exact) mass is 445 g/mol. The van der Waals surface area contributed by atoms with Gasteiger partial charge in [-0.25, -0.2) is 9.37 Å². The van der Waals surface area contributed by atoms with Crippen molar-refractivity contribution in [2.75, 3.05) is 22.9 Å². The van der Waals surface area contributed by atoms with Crippen molar-refractivity contribution < 1.29 is 9.18 Å². The molecule has 1 amide bonds. The number of thiazole rings is 1. The summed E-state index contributed by atoms with van der Waals surface area (Å²) in [4.78, 5) is 16.5. The summed E-state index contributed by atoms with van der Waals surface area (Å²) in [7, 11) is 0. The highest BCUT2D eigenvalue weighted by molar-refractivity contribution is 8.01. The van der Waals surface area contributed by atoms with E-state index in [2.05, 4.69) is 37.9 Å². The molecule has 29 heavy (non-hydrogen) atoms. The molecule has 0 fully saturated rings. The van der Waals surface area contributed by atoms with Gasteiger partial charge in [-0.2, -0.15) is 0 Å². The first kappa shape index (κ1) is 19.7. The quantitative estimate of drug-likeness (QED) is 0.384. The molecule has 0 bridgehead atoms. The molecule has 2 heterocycles. The fourth-order valence-electron chi connectivity index (χ4n) is 2.53. The van der Waals surface area contributed by atoms with Crippen molar-refractivity contribution in [2.24, 2.45) is 0 Å². The molecular weight excluding hydrogens is 429 g/mol. The second-order valence-electron chi connectivity index (χ2n) is 6.00. The Morgan fingerprint density at radius 2 is 1.93 bits per heavy atom. The average molecular weight is 446 g/mol. The fourth-order valence-corrected chi connectivity index (χ4v) is 5.02. The predicted octanol–water partition coefficient (Wildman–Crippen LogP) is 4.67. The summed E-state index contributed by atoms with van der Waals surface area (Å²) in [5, 5.41) is 15.4. The number of fused-ring (bicyclic) bond motifs is 1. The predicted molar refractivity (Wildman–Crippen MR) is 117 cm³/mol. The van der Waals surface area contributed by atoms with Crippen LogP contribution in [0.15, 0.2) is 52.9 Å². The number of nitrogens with zero attached hydrogens (tertiary/aromatic N) is 3. The highest BCUT2D eigenvalue weighted by Gasteiger charge is 2.11. The number of nitrogens with one attached hydrogen (secondary N) is 2. The smallest absolute Gasteiger partial charge is 0.236 e. The van der Waals surface area contributed by atoms with Gasteiger partial charge in [0, 0.05) is 6.54 Å². The summed E-state index contributed by atoms with van der Waals surface area (Å²) in [5.41, 5.74) is 1.92. The Labute approximate surface area is 178 Å². The zero-order valence-electron chi connectivity index (χ0n) is 15.1. The maximum Gasteiger partial charge on any atom is 0.236 e. The first-order valence-corrected chi connectivity index (χ1v) is 11.4. The van der Waals surface area contributed by atoms with Crippen molar-refractivity contribution in [1.29, 1.82) is 0 Å². The molecule has 10 heteroatoms. The maximum atomic E-state index is 13.3. The van der Waals surface area contributed by atoms with Crippen LogP contribution < -0.4 is 10.6 Å². The fraction of sp³-hybridized carbons (Fsp3) is 0.158. The van der Waals surface area contributed by atoms with Gasteiger partial charge in [0.2, 0.25) is 11.0 Å². The van der Waals surface area contributed by atoms with E-state index in [-0.39, 0.29) is 17.5 Å². The minimum atomic E-state index is -0.320. The number of carbonyl (C=O) groups excluding carboxylic acids is 1. The number of halogens is 1. The van der Waals surface area contributed by atoms with Crippen LogP contribution in [-0.4, -0.2) is 33.4 Å². The van der Waals surface area contributed by atoms with E-state index in [9.17, 15) is 9.18 Å². The largest absolute Gasteiger partial charge is 0.360 e. The molecule has 0 unspecified atom stereocenters. The van der Waals surface area contributed by atoms with Crippen LogP contribution in [0.3, 0.4) is 0 Å². The van der Waals surface area contributed by atoms with Gasteiger partial charge in [-0.05, 0) is 30.2 Å². The Morgan fingerprint density at radius 3 is 2.79 bits per heavy atom. The van der Waals surface area contributed by atoms with E-state index in [1.165, 1.54) is 52.1 Å². The Bertz CT molecular complexity index is 1120. The van der Waals surface area contributed by atoms with E-state index in [4.69, 9.17) is 0 Å². The van der Waals surface area contributed by atoms with Crippen LogP contribution >= 0.6 is 34.4 Å². The van der Waals surface area contributed by atoms with Gasteiger partial charge >= 0.3 is 0 Å². The third-order valence-corrected chi connectivity index (χ3v) is 6.81. The number of anilines is 2. The first-order valence-electron chi connectivity index (χ1n) is 8.76. The number of aromatic nitrogens is 3. The Morgan fingerprint density at radius 1 is 1.07 bits per heavy atom. The molecule has 0 radical (unpaired) electrons. The van der Waals surface area contributed by atoms with Gasteiger partial charge in [0.15, 0.2) is 9.47 Å². The number of carbonyl (C=O) groups is 1. The molecule has 0 atom stereocenters. The standard InChI is InChI=1S/C19H16FN5OS3/c20-13-6-7-14-15(10-13)28-18(22-14)23-16(26)11-27-19-25-24-17(29-19)21-9-8-12-4-2-1-3-5-12/h1-7,10H,8-9,11H2,(H,21,24)(H,22,23,26). The lowest BCUT2D eigenvalue weighted by Gasteiger charge is -2.01. The number of benzene rings is 2. The molecule has 0 aliphatic carbocycles. The molecule has 0 aliphatic heterocycles. The second kappa shape index (κ2) is 9.29. The molecule has 2 aromatic carbocycles. The molecule has 4 aromatic rings. The third-order valence-electron chi connectivity index (χ3n) is 3.86. The van der Waals surface area contributed by atoms with Crippen LogP contribution in [0.1, 0.15) is 5.56 Å². The lowest BCUT2D eigenvalue weighted by molar-refractivity contribution is -0.113. The van der Waals surface area contributed by atoms with Crippen LogP contribution in [0.4, 0.5) is 14.7 Å². The molecule has 0 spiro atoms. The van der Waals surface area contributed by atoms with Gasteiger partial charge in [0.1, 0.15) is 5.82 Å². The number of hydrogen-bond donors (Lipinski definition) is 2. The van der Waals surface area contributed by atoms with Crippen LogP contribution in [0.2, 0.25) is 0 Å². The van der Waals surface area contributed by atoms with Gasteiger partial charge < -0.3 is 10.6 Å². The van der Waals surface area contributed by atoms with Crippen LogP contribution in [0.5, 0.6) is 0 Å². The van der Waals surface area contributed by atoms with Crippen molar-refractivity contribution in [3.05, 3.63) is 59.9 Å². The summed E-state index contributed by atoms with van der Waals surface area (Å²) in [6, 6.07) is 14.6. The topological polar surface area (TPSA) is 79.8 Å². The van der Waals surface area contributed by atoms with E-state index in [0.717, 1.165) is 18.1 Å². The van der Waals surface area contributed by atoms with Crippen molar-refractivity contribution in [3.63, 3.8) is 0 Å². The van der Waals surface area contributed by atoms with Crippen LogP contribution in [-0.2, 0) is 11.2 Å². The van der Waals surface area contributed by atoms with Gasteiger partial charge in [-0.15, -0.1) is 10.2 Å². The minimum Gasteiger partial charge on any atom is -0.360 e. The molecule has 148 valence electrons. The lowest BCUT2D eigenvalue weighted by Crippen LogP contribution is -2.13. The molecule has 2 N–H and O–H groups in total. The molecule has 0 aliphatic rings. The van der Waals surface area contributed by atoms with Crippen molar-refractivity contribution in [2.45, 2.75) is 10.8 Å². The number of amides is 1. The molecule has 6 nitrogen and oxygen atoms in total. The van der Waals surface area contributed by atoms with Crippen LogP contribution in [0.25, 0.3) is 10.2 Å². The third kappa shape index (κ3) is 5.49. The van der Waals surface area contributed by atoms with Gasteiger partial charge in [0.25, 0.3) is 0 Å². The summed E-state index contributed by atoms with van der Waals surface area (Å²) in [6.07, 6.45) is 0.900. The molecule has 4 rings (SSSR count). The Kier molecular flexibility index (Phi) is 6.33. The molecular formula is C19H16FN5OS3. The van der Waals surface area contributed by atoms with Gasteiger partial charge in [0.05, 0.1) is 16.0 Å². The summed E-state index contributed by atoms with van der Waals surface area (Å²) in [5.74, 6) is -0.314. The van der Waals surface area contributed by atoms with E-state index in [1.807, 2.05) is 18.2 Å². The highest BCUT2D eigenvalue weighted by Crippen LogP contribution is 2.28. The van der Waals surface area contributed by atoms with Crippen molar-refractivity contribution in [3.8, 4) is 0 Å². The molecule has 0 saturated carbocycles. The van der Waals surface area contributed by atoms with E-state index in [0.29, 0.717) is 19.7 Å². The van der Waals surface area contributed by atoms with Gasteiger partial charge in [-0.1, -0.05) is 64.8 Å². The van der Waals surface area contributed by atoms with E-state index < -0.39 is 0 Å². The number of rotatable bonds is 8. The van der Waals surface area contributed by atoms with E-state index >= 15 is 0 Å². The highest BCUT2D eigenvalue weighted by atomic mass is 32.2. The van der Waals surface area contributed by atoms with Crippen LogP contribution in [0, 0.1) is 5.82 Å². The number of hydrogen-bond acceptors (Lipinski definition) is 8. The summed E-state index contributed by atoms with van der Waals surface area (Å²) in [6.45, 7) is 0.766. The normalized spacial score (nSPS) is 10.9. The minimum absolute atomic E-state index is 0.191. The SMILES string of the molecule is O=C(CSc1nnc(NCCc2ccccc2)s1)Nc1nc2ccc(F)cc2s1. The second-order valence-corrected chi connectivity index (χ2v) is 9.23. The molecule has 2 aromatic heterocycles. The summed E-state index contributed by atoms with van der Waals surface area (Å²) >= 11 is 3.98. The van der Waals surface area contributed by atoms with Crippen molar-refractivity contribution in [1.82, 2.24) is 15.2 Å². The Balaban J connectivity index is 1.24. The number of thioether (sulfide) groups is 1. The van der Waals surface area contributed by atoms with Crippen molar-refractivity contribution >= 4 is 60.8 Å². The average Bonchev–Trinajstić information content (AvgIpc) is 3.33. The van der Waals surface area contributed by atoms with Gasteiger partial charge in [-0.3, -0.25) is 4.79 Å². The first-order chi connectivity index (χ1) is 14.2.